The van der Waals surface area contributed by atoms with Crippen molar-refractivity contribution in [2.24, 2.45) is 0 Å². The lowest BCUT2D eigenvalue weighted by atomic mass is 9.78. The number of rotatable bonds is 4. The fourth-order valence-electron chi connectivity index (χ4n) is 3.95. The van der Waals surface area contributed by atoms with Crippen LogP contribution in [-0.2, 0) is 26.9 Å². The molecule has 5 nitrogen and oxygen atoms in total. The summed E-state index contributed by atoms with van der Waals surface area (Å²) < 4.78 is 18.1. The number of fused-ring (bicyclic) bond motifs is 1. The Bertz CT molecular complexity index is 975. The van der Waals surface area contributed by atoms with Crippen molar-refractivity contribution in [3.05, 3.63) is 52.5 Å². The van der Waals surface area contributed by atoms with Gasteiger partial charge < -0.3 is 18.9 Å². The number of ether oxygens (including phenoxy) is 1. The predicted molar refractivity (Wildman–Crippen MR) is 120 cm³/mol. The van der Waals surface area contributed by atoms with E-state index < -0.39 is 18.3 Å². The Morgan fingerprint density at radius 3 is 2.47 bits per heavy atom. The quantitative estimate of drug-likeness (QED) is 0.697. The summed E-state index contributed by atoms with van der Waals surface area (Å²) in [5.41, 5.74) is 2.79. The maximum atomic E-state index is 13.1. The van der Waals surface area contributed by atoms with E-state index in [4.69, 9.17) is 25.6 Å². The summed E-state index contributed by atoms with van der Waals surface area (Å²) in [6, 6.07) is 11.4. The number of anilines is 1. The van der Waals surface area contributed by atoms with Gasteiger partial charge in [0.25, 0.3) is 0 Å². The van der Waals surface area contributed by atoms with Gasteiger partial charge in [0, 0.05) is 11.6 Å². The van der Waals surface area contributed by atoms with Crippen LogP contribution in [0.3, 0.4) is 0 Å². The molecule has 0 saturated carbocycles. The second-order valence-electron chi connectivity index (χ2n) is 8.88. The van der Waals surface area contributed by atoms with Gasteiger partial charge >= 0.3 is 7.12 Å². The SMILES string of the molecule is COc1cc(B2OC(C)(C)C(C)(C)O2)cc2c1N(C(=O)Cc1ccccc1Cl)CC2. The average Bonchev–Trinajstić information content (AvgIpc) is 3.21. The van der Waals surface area contributed by atoms with Gasteiger partial charge in [0.1, 0.15) is 5.75 Å². The third-order valence-electron chi connectivity index (χ3n) is 6.40. The fourth-order valence-corrected chi connectivity index (χ4v) is 4.15. The molecule has 1 fully saturated rings. The molecule has 0 aromatic heterocycles. The number of hydrogen-bond donors (Lipinski definition) is 0. The fraction of sp³-hybridized carbons (Fsp3) is 0.435. The molecule has 4 rings (SSSR count). The maximum absolute atomic E-state index is 13.1. The molecule has 1 saturated heterocycles. The highest BCUT2D eigenvalue weighted by Crippen LogP contribution is 2.40. The van der Waals surface area contributed by atoms with Gasteiger partial charge in [0.05, 0.1) is 30.4 Å². The number of halogens is 1. The van der Waals surface area contributed by atoms with Crippen molar-refractivity contribution in [3.63, 3.8) is 0 Å². The van der Waals surface area contributed by atoms with E-state index in [0.29, 0.717) is 17.3 Å². The molecule has 158 valence electrons. The molecular formula is C23H27BClNO4. The molecule has 1 amide bonds. The third kappa shape index (κ3) is 3.62. The van der Waals surface area contributed by atoms with Crippen LogP contribution in [0.2, 0.25) is 5.02 Å². The van der Waals surface area contributed by atoms with Crippen LogP contribution in [0, 0.1) is 0 Å². The van der Waals surface area contributed by atoms with Gasteiger partial charge in [-0.3, -0.25) is 4.79 Å². The lowest BCUT2D eigenvalue weighted by Gasteiger charge is -2.32. The highest BCUT2D eigenvalue weighted by Gasteiger charge is 2.52. The van der Waals surface area contributed by atoms with E-state index in [1.54, 1.807) is 18.1 Å². The molecule has 0 spiro atoms. The molecular weight excluding hydrogens is 401 g/mol. The van der Waals surface area contributed by atoms with Crippen molar-refractivity contribution in [2.75, 3.05) is 18.6 Å². The van der Waals surface area contributed by atoms with E-state index in [2.05, 4.69) is 6.07 Å². The third-order valence-corrected chi connectivity index (χ3v) is 6.77. The largest absolute Gasteiger partial charge is 0.495 e. The van der Waals surface area contributed by atoms with Gasteiger partial charge in [0.15, 0.2) is 0 Å². The summed E-state index contributed by atoms with van der Waals surface area (Å²) in [5, 5.41) is 0.605. The molecule has 2 aliphatic rings. The zero-order valence-electron chi connectivity index (χ0n) is 18.1. The van der Waals surface area contributed by atoms with Crippen LogP contribution in [0.4, 0.5) is 5.69 Å². The Balaban J connectivity index is 1.62. The lowest BCUT2D eigenvalue weighted by Crippen LogP contribution is -2.41. The Hall–Kier alpha value is -2.02. The molecule has 2 heterocycles. The van der Waals surface area contributed by atoms with Crippen molar-refractivity contribution < 1.29 is 18.8 Å². The normalized spacial score (nSPS) is 19.1. The van der Waals surface area contributed by atoms with Crippen LogP contribution in [0.5, 0.6) is 5.75 Å². The molecule has 0 unspecified atom stereocenters. The van der Waals surface area contributed by atoms with Crippen LogP contribution in [0.15, 0.2) is 36.4 Å². The number of methoxy groups -OCH3 is 1. The zero-order valence-corrected chi connectivity index (χ0v) is 18.9. The summed E-state index contributed by atoms with van der Waals surface area (Å²) in [6.45, 7) is 8.75. The van der Waals surface area contributed by atoms with Crippen LogP contribution in [0.1, 0.15) is 38.8 Å². The summed E-state index contributed by atoms with van der Waals surface area (Å²) in [7, 11) is 1.15. The van der Waals surface area contributed by atoms with Gasteiger partial charge in [-0.25, -0.2) is 0 Å². The predicted octanol–water partition coefficient (Wildman–Crippen LogP) is 3.78. The summed E-state index contributed by atoms with van der Waals surface area (Å²) >= 11 is 6.25. The van der Waals surface area contributed by atoms with Crippen molar-refractivity contribution in [3.8, 4) is 5.75 Å². The zero-order chi connectivity index (χ0) is 21.7. The van der Waals surface area contributed by atoms with Gasteiger partial charge in [-0.2, -0.15) is 0 Å². The van der Waals surface area contributed by atoms with Gasteiger partial charge in [-0.1, -0.05) is 35.9 Å². The molecule has 0 bridgehead atoms. The van der Waals surface area contributed by atoms with Crippen molar-refractivity contribution in [1.82, 2.24) is 0 Å². The number of nitrogens with zero attached hydrogens (tertiary/aromatic N) is 1. The number of carbonyl (C=O) groups is 1. The molecule has 2 aromatic carbocycles. The maximum Gasteiger partial charge on any atom is 0.494 e. The van der Waals surface area contributed by atoms with Gasteiger partial charge in [0.2, 0.25) is 5.91 Å². The summed E-state index contributed by atoms with van der Waals surface area (Å²) in [5.74, 6) is 0.658. The Labute approximate surface area is 183 Å². The molecule has 30 heavy (non-hydrogen) atoms. The van der Waals surface area contributed by atoms with Crippen molar-refractivity contribution in [2.45, 2.75) is 51.7 Å². The second kappa shape index (κ2) is 7.59. The molecule has 0 N–H and O–H groups in total. The minimum Gasteiger partial charge on any atom is -0.495 e. The van der Waals surface area contributed by atoms with E-state index in [1.165, 1.54) is 0 Å². The minimum atomic E-state index is -0.470. The smallest absolute Gasteiger partial charge is 0.494 e. The van der Waals surface area contributed by atoms with Crippen molar-refractivity contribution in [1.29, 1.82) is 0 Å². The standard InChI is InChI=1S/C23H27BClNO4/c1-22(2)23(3,4)30-24(29-22)17-12-16-10-11-26(21(16)19(14-17)28-5)20(27)13-15-8-6-7-9-18(15)25/h6-9,12,14H,10-11,13H2,1-5H3. The molecule has 2 aromatic rings. The van der Waals surface area contributed by atoms with Crippen molar-refractivity contribution >= 4 is 35.8 Å². The van der Waals surface area contributed by atoms with Crippen LogP contribution in [0.25, 0.3) is 0 Å². The Morgan fingerprint density at radius 1 is 1.17 bits per heavy atom. The highest BCUT2D eigenvalue weighted by molar-refractivity contribution is 6.62. The molecule has 0 radical (unpaired) electrons. The van der Waals surface area contributed by atoms with E-state index in [1.807, 2.05) is 52.0 Å². The minimum absolute atomic E-state index is 0.00327. The average molecular weight is 428 g/mol. The van der Waals surface area contributed by atoms with Gasteiger partial charge in [-0.15, -0.1) is 0 Å². The lowest BCUT2D eigenvalue weighted by molar-refractivity contribution is -0.117. The van der Waals surface area contributed by atoms with E-state index in [9.17, 15) is 4.79 Å². The first-order valence-electron chi connectivity index (χ1n) is 10.2. The second-order valence-corrected chi connectivity index (χ2v) is 9.29. The topological polar surface area (TPSA) is 48.0 Å². The van der Waals surface area contributed by atoms with E-state index >= 15 is 0 Å². The molecule has 0 atom stereocenters. The number of hydrogen-bond acceptors (Lipinski definition) is 4. The first-order valence-corrected chi connectivity index (χ1v) is 10.6. The van der Waals surface area contributed by atoms with Crippen LogP contribution in [-0.4, -0.2) is 37.9 Å². The summed E-state index contributed by atoms with van der Waals surface area (Å²) in [6.07, 6.45) is 1.01. The van der Waals surface area contributed by atoms with E-state index in [0.717, 1.165) is 28.7 Å². The van der Waals surface area contributed by atoms with Gasteiger partial charge in [-0.05, 0) is 62.8 Å². The molecule has 0 aliphatic carbocycles. The number of carbonyl (C=O) groups excluding carboxylic acids is 1. The van der Waals surface area contributed by atoms with E-state index in [-0.39, 0.29) is 12.3 Å². The Morgan fingerprint density at radius 2 is 1.83 bits per heavy atom. The first kappa shape index (κ1) is 21.2. The number of amides is 1. The first-order chi connectivity index (χ1) is 14.1. The van der Waals surface area contributed by atoms with Crippen LogP contribution < -0.4 is 15.1 Å². The summed E-state index contributed by atoms with van der Waals surface area (Å²) in [4.78, 5) is 14.9. The molecule has 2 aliphatic heterocycles. The highest BCUT2D eigenvalue weighted by atomic mass is 35.5. The molecule has 7 heteroatoms. The monoisotopic (exact) mass is 427 g/mol. The Kier molecular flexibility index (Phi) is 5.37. The van der Waals surface area contributed by atoms with Crippen LogP contribution >= 0.6 is 11.6 Å². The number of benzene rings is 2.